The fraction of sp³-hybridized carbons (Fsp3) is 0. The van der Waals surface area contributed by atoms with Crippen molar-refractivity contribution >= 4 is 0 Å². The van der Waals surface area contributed by atoms with Crippen LogP contribution in [0.1, 0.15) is 0 Å². The standard InChI is InChI=1S/4C6H6O2.Ti/c4*7-8-6-4-2-1-3-5-6;/h4*1-5,7H;. The first-order chi connectivity index (χ1) is 15.7. The minimum absolute atomic E-state index is 0. The van der Waals surface area contributed by atoms with E-state index < -0.39 is 0 Å². The van der Waals surface area contributed by atoms with Crippen LogP contribution in [0.2, 0.25) is 0 Å². The SMILES string of the molecule is OOc1ccccc1.OOc1ccccc1.OOc1ccccc1.OOc1ccccc1.[Ti]. The second-order valence-corrected chi connectivity index (χ2v) is 5.62. The van der Waals surface area contributed by atoms with E-state index in [-0.39, 0.29) is 21.7 Å². The van der Waals surface area contributed by atoms with E-state index in [1.165, 1.54) is 0 Å². The van der Waals surface area contributed by atoms with Gasteiger partial charge in [0, 0.05) is 21.7 Å². The van der Waals surface area contributed by atoms with Crippen LogP contribution < -0.4 is 19.6 Å². The molecule has 8 nitrogen and oxygen atoms in total. The minimum Gasteiger partial charge on any atom is -0.340 e. The molecule has 4 rings (SSSR count). The van der Waals surface area contributed by atoms with Gasteiger partial charge in [-0.25, -0.2) is 21.0 Å². The van der Waals surface area contributed by atoms with Crippen molar-refractivity contribution in [1.82, 2.24) is 0 Å². The number of hydrogen-bond acceptors (Lipinski definition) is 8. The van der Waals surface area contributed by atoms with Crippen LogP contribution in [0, 0.1) is 0 Å². The second kappa shape index (κ2) is 20.5. The Labute approximate surface area is 206 Å². The topological polar surface area (TPSA) is 118 Å². The Morgan fingerprint density at radius 1 is 0.303 bits per heavy atom. The predicted octanol–water partition coefficient (Wildman–Crippen LogP) is 6.15. The monoisotopic (exact) mass is 488 g/mol. The van der Waals surface area contributed by atoms with E-state index in [4.69, 9.17) is 21.0 Å². The van der Waals surface area contributed by atoms with Crippen LogP contribution in [0.4, 0.5) is 0 Å². The van der Waals surface area contributed by atoms with Gasteiger partial charge in [0.05, 0.1) is 0 Å². The van der Waals surface area contributed by atoms with Crippen molar-refractivity contribution in [3.63, 3.8) is 0 Å². The molecule has 0 aromatic heterocycles. The summed E-state index contributed by atoms with van der Waals surface area (Å²) in [4.78, 5) is 15.7. The predicted molar refractivity (Wildman–Crippen MR) is 119 cm³/mol. The Kier molecular flexibility index (Phi) is 18.4. The van der Waals surface area contributed by atoms with Gasteiger partial charge in [-0.15, -0.1) is 0 Å². The Morgan fingerprint density at radius 3 is 0.545 bits per heavy atom. The molecule has 0 bridgehead atoms. The van der Waals surface area contributed by atoms with Crippen molar-refractivity contribution in [2.75, 3.05) is 0 Å². The van der Waals surface area contributed by atoms with Gasteiger partial charge in [-0.2, -0.15) is 0 Å². The Balaban J connectivity index is 0.000000410. The minimum atomic E-state index is 0. The van der Waals surface area contributed by atoms with E-state index in [1.54, 1.807) is 97.1 Å². The summed E-state index contributed by atoms with van der Waals surface area (Å²) in [7, 11) is 0. The van der Waals surface area contributed by atoms with Crippen LogP contribution in [0.25, 0.3) is 0 Å². The maximum absolute atomic E-state index is 8.04. The van der Waals surface area contributed by atoms with Crippen molar-refractivity contribution in [2.24, 2.45) is 0 Å². The van der Waals surface area contributed by atoms with Gasteiger partial charge in [0.1, 0.15) is 0 Å². The average Bonchev–Trinajstić information content (AvgIpc) is 2.91. The third-order valence-electron chi connectivity index (χ3n) is 3.39. The number of hydrogen-bond donors (Lipinski definition) is 4. The van der Waals surface area contributed by atoms with E-state index in [0.29, 0.717) is 23.0 Å². The third kappa shape index (κ3) is 15.1. The normalized spacial score (nSPS) is 8.36. The molecule has 172 valence electrons. The van der Waals surface area contributed by atoms with E-state index in [0.717, 1.165) is 0 Å². The average molecular weight is 488 g/mol. The van der Waals surface area contributed by atoms with Gasteiger partial charge in [-0.1, -0.05) is 72.8 Å². The first-order valence-electron chi connectivity index (χ1n) is 9.19. The van der Waals surface area contributed by atoms with Gasteiger partial charge in [-0.05, 0) is 48.5 Å². The zero-order chi connectivity index (χ0) is 23.3. The smallest absolute Gasteiger partial charge is 0.165 e. The molecule has 0 amide bonds. The summed E-state index contributed by atoms with van der Waals surface area (Å²) in [5.74, 6) is 1.86. The molecule has 0 saturated heterocycles. The molecule has 0 atom stereocenters. The third-order valence-corrected chi connectivity index (χ3v) is 3.39. The molecule has 0 heterocycles. The molecule has 4 aromatic rings. The van der Waals surface area contributed by atoms with Crippen molar-refractivity contribution in [2.45, 2.75) is 0 Å². The summed E-state index contributed by atoms with van der Waals surface area (Å²) < 4.78 is 0. The summed E-state index contributed by atoms with van der Waals surface area (Å²) in [6.07, 6.45) is 0. The van der Waals surface area contributed by atoms with Gasteiger partial charge < -0.3 is 19.6 Å². The molecule has 0 fully saturated rings. The molecule has 9 heteroatoms. The van der Waals surface area contributed by atoms with E-state index in [1.807, 2.05) is 24.3 Å². The van der Waals surface area contributed by atoms with Gasteiger partial charge in [0.15, 0.2) is 23.0 Å². The van der Waals surface area contributed by atoms with Gasteiger partial charge in [0.2, 0.25) is 0 Å². The second-order valence-electron chi connectivity index (χ2n) is 5.62. The maximum Gasteiger partial charge on any atom is 0.165 e. The molecule has 0 aliphatic carbocycles. The molecule has 4 aromatic carbocycles. The molecule has 33 heavy (non-hydrogen) atoms. The van der Waals surface area contributed by atoms with Crippen LogP contribution in [0.3, 0.4) is 0 Å². The van der Waals surface area contributed by atoms with Crippen LogP contribution in [-0.4, -0.2) is 21.0 Å². The van der Waals surface area contributed by atoms with Crippen LogP contribution >= 0.6 is 0 Å². The Hall–Kier alpha value is -3.37. The van der Waals surface area contributed by atoms with Crippen LogP contribution in [-0.2, 0) is 21.7 Å². The summed E-state index contributed by atoms with van der Waals surface area (Å²) in [5, 5.41) is 32.2. The van der Waals surface area contributed by atoms with E-state index in [2.05, 4.69) is 19.6 Å². The Morgan fingerprint density at radius 2 is 0.455 bits per heavy atom. The molecule has 0 unspecified atom stereocenters. The molecule has 0 radical (unpaired) electrons. The molecule has 0 spiro atoms. The van der Waals surface area contributed by atoms with E-state index >= 15 is 0 Å². The quantitative estimate of drug-likeness (QED) is 0.154. The molecule has 4 N–H and O–H groups in total. The molecule has 0 aliphatic rings. The van der Waals surface area contributed by atoms with Crippen molar-refractivity contribution in [3.8, 4) is 23.0 Å². The van der Waals surface area contributed by atoms with E-state index in [9.17, 15) is 0 Å². The molecular formula is C24H24O8Ti. The summed E-state index contributed by atoms with van der Waals surface area (Å²) in [6.45, 7) is 0. The molecule has 0 aliphatic heterocycles. The number of benzene rings is 4. The molecular weight excluding hydrogens is 464 g/mol. The van der Waals surface area contributed by atoms with Crippen molar-refractivity contribution in [3.05, 3.63) is 121 Å². The van der Waals surface area contributed by atoms with Crippen molar-refractivity contribution in [1.29, 1.82) is 0 Å². The zero-order valence-electron chi connectivity index (χ0n) is 17.5. The van der Waals surface area contributed by atoms with Gasteiger partial charge in [0.25, 0.3) is 0 Å². The van der Waals surface area contributed by atoms with Crippen LogP contribution in [0.15, 0.2) is 121 Å². The summed E-state index contributed by atoms with van der Waals surface area (Å²) >= 11 is 0. The number of rotatable bonds is 4. The van der Waals surface area contributed by atoms with Gasteiger partial charge >= 0.3 is 0 Å². The number of para-hydroxylation sites is 4. The van der Waals surface area contributed by atoms with Crippen LogP contribution in [0.5, 0.6) is 23.0 Å². The largest absolute Gasteiger partial charge is 0.340 e. The fourth-order valence-corrected chi connectivity index (χ4v) is 1.93. The summed E-state index contributed by atoms with van der Waals surface area (Å²) in [6, 6.07) is 35.0. The first kappa shape index (κ1) is 29.6. The molecule has 0 saturated carbocycles. The zero-order valence-corrected chi connectivity index (χ0v) is 19.0. The summed E-state index contributed by atoms with van der Waals surface area (Å²) in [5.41, 5.74) is 0. The van der Waals surface area contributed by atoms with Crippen molar-refractivity contribution < 1.29 is 62.3 Å². The Bertz CT molecular complexity index is 756. The first-order valence-corrected chi connectivity index (χ1v) is 9.19. The van der Waals surface area contributed by atoms with Gasteiger partial charge in [-0.3, -0.25) is 0 Å². The fourth-order valence-electron chi connectivity index (χ4n) is 1.93. The maximum atomic E-state index is 8.04.